The van der Waals surface area contributed by atoms with Gasteiger partial charge < -0.3 is 16.4 Å². The van der Waals surface area contributed by atoms with Crippen molar-refractivity contribution in [2.45, 2.75) is 0 Å². The van der Waals surface area contributed by atoms with E-state index in [-0.39, 0.29) is 22.6 Å². The molecule has 9 heteroatoms. The first-order chi connectivity index (χ1) is 14.4. The highest BCUT2D eigenvalue weighted by Gasteiger charge is 2.17. The summed E-state index contributed by atoms with van der Waals surface area (Å²) in [4.78, 5) is 33.0. The number of carbonyl (C=O) groups excluding carboxylic acids is 2. The van der Waals surface area contributed by atoms with E-state index in [1.165, 1.54) is 37.5 Å². The number of benzene rings is 2. The number of para-hydroxylation sites is 1. The fourth-order valence-corrected chi connectivity index (χ4v) is 2.63. The number of pyridine rings is 1. The summed E-state index contributed by atoms with van der Waals surface area (Å²) in [6.07, 6.45) is 1.41. The molecule has 0 bridgehead atoms. The number of carbonyl (C=O) groups is 2. The first kappa shape index (κ1) is 20.7. The predicted octanol–water partition coefficient (Wildman–Crippen LogP) is 1.85. The van der Waals surface area contributed by atoms with Gasteiger partial charge in [0.2, 0.25) is 0 Å². The lowest BCUT2D eigenvalue weighted by Crippen LogP contribution is -2.20. The Balaban J connectivity index is 1.81. The van der Waals surface area contributed by atoms with Crippen LogP contribution in [0.1, 0.15) is 26.3 Å². The highest BCUT2D eigenvalue weighted by molar-refractivity contribution is 6.32. The summed E-state index contributed by atoms with van der Waals surface area (Å²) in [5.74, 6) is -1.52. The molecule has 0 saturated carbocycles. The number of anilines is 2. The highest BCUT2D eigenvalue weighted by atomic mass is 19.1. The quantitative estimate of drug-likeness (QED) is 0.344. The van der Waals surface area contributed by atoms with Crippen LogP contribution in [0.2, 0.25) is 0 Å². The van der Waals surface area contributed by atoms with E-state index in [4.69, 9.17) is 13.6 Å². The van der Waals surface area contributed by atoms with Gasteiger partial charge >= 0.3 is 0 Å². The average molecular weight is 401 g/mol. The van der Waals surface area contributed by atoms with Gasteiger partial charge in [0.25, 0.3) is 11.8 Å². The SMILES string of the molecule is [B]c1ccc(NC(=O)c2ccccc2NC(=O)c2ccc(C(N)=NC)cc2F)nc1. The van der Waals surface area contributed by atoms with Gasteiger partial charge in [-0.05, 0) is 30.3 Å². The first-order valence-corrected chi connectivity index (χ1v) is 8.84. The van der Waals surface area contributed by atoms with Gasteiger partial charge in [-0.25, -0.2) is 9.37 Å². The van der Waals surface area contributed by atoms with Crippen molar-refractivity contribution < 1.29 is 14.0 Å². The Kier molecular flexibility index (Phi) is 6.21. The maximum absolute atomic E-state index is 14.4. The second-order valence-corrected chi connectivity index (χ2v) is 6.23. The van der Waals surface area contributed by atoms with Gasteiger partial charge in [0.05, 0.1) is 16.8 Å². The standard InChI is InChI=1S/C21H17BFN5O2/c1-25-19(24)12-6-8-14(16(23)10-12)20(29)27-17-5-3-2-4-15(17)21(30)28-18-9-7-13(22)11-26-18/h2-11H,1H3,(H2,24,25)(H,27,29)(H,26,28,30). The van der Waals surface area contributed by atoms with Crippen LogP contribution in [0.25, 0.3) is 0 Å². The molecule has 0 unspecified atom stereocenters. The van der Waals surface area contributed by atoms with Gasteiger partial charge in [-0.2, -0.15) is 0 Å². The Morgan fingerprint density at radius 2 is 1.77 bits per heavy atom. The minimum Gasteiger partial charge on any atom is -0.384 e. The highest BCUT2D eigenvalue weighted by Crippen LogP contribution is 2.19. The number of halogens is 1. The zero-order valence-electron chi connectivity index (χ0n) is 16.0. The van der Waals surface area contributed by atoms with E-state index in [0.29, 0.717) is 16.8 Å². The number of amides is 2. The number of rotatable bonds is 5. The summed E-state index contributed by atoms with van der Waals surface area (Å²) in [5, 5.41) is 5.18. The predicted molar refractivity (Wildman–Crippen MR) is 115 cm³/mol. The average Bonchev–Trinajstić information content (AvgIpc) is 2.74. The monoisotopic (exact) mass is 401 g/mol. The van der Waals surface area contributed by atoms with Crippen LogP contribution in [0.15, 0.2) is 65.8 Å². The van der Waals surface area contributed by atoms with E-state index in [0.717, 1.165) is 6.07 Å². The maximum Gasteiger partial charge on any atom is 0.258 e. The van der Waals surface area contributed by atoms with Gasteiger partial charge in [0.1, 0.15) is 25.3 Å². The second-order valence-electron chi connectivity index (χ2n) is 6.23. The van der Waals surface area contributed by atoms with Crippen molar-refractivity contribution in [2.24, 2.45) is 10.7 Å². The first-order valence-electron chi connectivity index (χ1n) is 8.84. The van der Waals surface area contributed by atoms with Gasteiger partial charge in [-0.15, -0.1) is 0 Å². The molecule has 0 saturated heterocycles. The van der Waals surface area contributed by atoms with Gasteiger partial charge in [0.15, 0.2) is 0 Å². The molecule has 2 amide bonds. The number of nitrogens with two attached hydrogens (primary N) is 1. The molecule has 0 aliphatic rings. The van der Waals surface area contributed by atoms with Crippen LogP contribution in [0.5, 0.6) is 0 Å². The molecule has 30 heavy (non-hydrogen) atoms. The van der Waals surface area contributed by atoms with E-state index in [1.807, 2.05) is 0 Å². The lowest BCUT2D eigenvalue weighted by Gasteiger charge is -2.12. The number of aromatic nitrogens is 1. The van der Waals surface area contributed by atoms with E-state index < -0.39 is 17.6 Å². The number of aliphatic imine (C=N–C) groups is 1. The molecular formula is C21H17BFN5O2. The Morgan fingerprint density at radius 1 is 1.03 bits per heavy atom. The second kappa shape index (κ2) is 9.00. The Labute approximate surface area is 173 Å². The van der Waals surface area contributed by atoms with Crippen molar-refractivity contribution in [1.29, 1.82) is 0 Å². The maximum atomic E-state index is 14.4. The lowest BCUT2D eigenvalue weighted by molar-refractivity contribution is 0.102. The third-order valence-electron chi connectivity index (χ3n) is 4.20. The van der Waals surface area contributed by atoms with Crippen LogP contribution in [0, 0.1) is 5.82 Å². The molecule has 3 aromatic rings. The number of amidine groups is 1. The lowest BCUT2D eigenvalue weighted by atomic mass is 9.99. The topological polar surface area (TPSA) is 109 Å². The van der Waals surface area contributed by atoms with E-state index >= 15 is 0 Å². The zero-order chi connectivity index (χ0) is 21.7. The molecule has 2 radical (unpaired) electrons. The molecule has 0 aliphatic carbocycles. The van der Waals surface area contributed by atoms with Crippen molar-refractivity contribution in [3.05, 3.63) is 83.3 Å². The molecule has 148 valence electrons. The number of hydrogen-bond donors (Lipinski definition) is 3. The Bertz CT molecular complexity index is 1130. The molecule has 0 fully saturated rings. The molecule has 0 atom stereocenters. The summed E-state index contributed by atoms with van der Waals surface area (Å²) < 4.78 is 14.4. The Morgan fingerprint density at radius 3 is 2.43 bits per heavy atom. The molecule has 1 heterocycles. The fourth-order valence-electron chi connectivity index (χ4n) is 2.63. The molecule has 0 aliphatic heterocycles. The van der Waals surface area contributed by atoms with E-state index in [9.17, 15) is 14.0 Å². The molecule has 2 aromatic carbocycles. The van der Waals surface area contributed by atoms with Crippen molar-refractivity contribution in [2.75, 3.05) is 17.7 Å². The summed E-state index contributed by atoms with van der Waals surface area (Å²) in [7, 11) is 7.06. The van der Waals surface area contributed by atoms with E-state index in [2.05, 4.69) is 20.6 Å². The molecule has 4 N–H and O–H groups in total. The van der Waals surface area contributed by atoms with Crippen LogP contribution in [-0.4, -0.2) is 37.5 Å². The molecule has 7 nitrogen and oxygen atoms in total. The van der Waals surface area contributed by atoms with Crippen molar-refractivity contribution in [3.8, 4) is 0 Å². The molecule has 0 spiro atoms. The van der Waals surface area contributed by atoms with Crippen molar-refractivity contribution in [3.63, 3.8) is 0 Å². The van der Waals surface area contributed by atoms with Crippen LogP contribution in [-0.2, 0) is 0 Å². The van der Waals surface area contributed by atoms with Gasteiger partial charge in [-0.3, -0.25) is 14.6 Å². The van der Waals surface area contributed by atoms with Crippen LogP contribution < -0.4 is 21.8 Å². The van der Waals surface area contributed by atoms with Crippen LogP contribution in [0.4, 0.5) is 15.9 Å². The normalized spacial score (nSPS) is 11.1. The third kappa shape index (κ3) is 4.69. The summed E-state index contributed by atoms with van der Waals surface area (Å²) in [6.45, 7) is 0. The summed E-state index contributed by atoms with van der Waals surface area (Å²) in [5.41, 5.74) is 6.69. The number of hydrogen-bond acceptors (Lipinski definition) is 4. The molecule has 1 aromatic heterocycles. The summed E-state index contributed by atoms with van der Waals surface area (Å²) in [6, 6.07) is 13.4. The number of nitrogens with zero attached hydrogens (tertiary/aromatic N) is 2. The van der Waals surface area contributed by atoms with E-state index in [1.54, 1.807) is 24.3 Å². The van der Waals surface area contributed by atoms with Crippen molar-refractivity contribution >= 4 is 42.5 Å². The van der Waals surface area contributed by atoms with Gasteiger partial charge in [-0.1, -0.05) is 29.7 Å². The smallest absolute Gasteiger partial charge is 0.258 e. The fraction of sp³-hybridized carbons (Fsp3) is 0.0476. The zero-order valence-corrected chi connectivity index (χ0v) is 16.0. The van der Waals surface area contributed by atoms with Crippen LogP contribution >= 0.6 is 0 Å². The largest absolute Gasteiger partial charge is 0.384 e. The third-order valence-corrected chi connectivity index (χ3v) is 4.20. The minimum absolute atomic E-state index is 0.152. The minimum atomic E-state index is -0.760. The Hall–Kier alpha value is -4.01. The summed E-state index contributed by atoms with van der Waals surface area (Å²) >= 11 is 0. The molecular weight excluding hydrogens is 384 g/mol. The van der Waals surface area contributed by atoms with Gasteiger partial charge in [0, 0.05) is 18.8 Å². The number of nitrogens with one attached hydrogen (secondary N) is 2. The van der Waals surface area contributed by atoms with Crippen molar-refractivity contribution in [1.82, 2.24) is 4.98 Å². The van der Waals surface area contributed by atoms with Crippen LogP contribution in [0.3, 0.4) is 0 Å². The molecule has 3 rings (SSSR count).